The van der Waals surface area contributed by atoms with Crippen molar-refractivity contribution in [2.24, 2.45) is 5.41 Å². The molecule has 1 unspecified atom stereocenters. The molecular formula is C26H27N3O2. The molecule has 1 fully saturated rings. The summed E-state index contributed by atoms with van der Waals surface area (Å²) in [5, 5.41) is 2.85. The van der Waals surface area contributed by atoms with Crippen molar-refractivity contribution in [2.75, 3.05) is 20.1 Å². The van der Waals surface area contributed by atoms with Crippen molar-refractivity contribution in [3.05, 3.63) is 90.3 Å². The van der Waals surface area contributed by atoms with E-state index in [9.17, 15) is 9.59 Å². The minimum absolute atomic E-state index is 0.0106. The number of nitrogens with one attached hydrogen (secondary N) is 1. The number of nitrogens with zero attached hydrogens (tertiary/aromatic N) is 2. The molecule has 1 N–H and O–H groups in total. The standard InChI is InChI=1S/C26H27N3O2/c1-27-25(31)26(14-16-29(19-26)24(30)17-22-12-7-8-15-28-22)18-21-11-5-6-13-23(21)20-9-3-2-4-10-20/h2-13,15H,14,16-19H2,1H3,(H,27,31). The second-order valence-corrected chi connectivity index (χ2v) is 8.12. The van der Waals surface area contributed by atoms with E-state index in [4.69, 9.17) is 0 Å². The highest BCUT2D eigenvalue weighted by atomic mass is 16.2. The molecule has 158 valence electrons. The third kappa shape index (κ3) is 4.50. The Kier molecular flexibility index (Phi) is 6.12. The number of carbonyl (C=O) groups excluding carboxylic acids is 2. The van der Waals surface area contributed by atoms with Crippen LogP contribution in [0.4, 0.5) is 0 Å². The van der Waals surface area contributed by atoms with Crippen LogP contribution in [0.1, 0.15) is 17.7 Å². The first-order chi connectivity index (χ1) is 15.1. The number of carbonyl (C=O) groups is 2. The van der Waals surface area contributed by atoms with Gasteiger partial charge in [0.1, 0.15) is 0 Å². The van der Waals surface area contributed by atoms with Crippen molar-refractivity contribution < 1.29 is 9.59 Å². The molecule has 5 nitrogen and oxygen atoms in total. The average molecular weight is 414 g/mol. The Hall–Kier alpha value is -3.47. The third-order valence-electron chi connectivity index (χ3n) is 6.10. The normalized spacial score (nSPS) is 18.0. The van der Waals surface area contributed by atoms with Crippen LogP contribution in [0.2, 0.25) is 0 Å². The van der Waals surface area contributed by atoms with Gasteiger partial charge < -0.3 is 10.2 Å². The van der Waals surface area contributed by atoms with E-state index in [1.54, 1.807) is 13.2 Å². The van der Waals surface area contributed by atoms with Crippen molar-refractivity contribution in [1.82, 2.24) is 15.2 Å². The zero-order chi connectivity index (χ0) is 21.7. The summed E-state index contributed by atoms with van der Waals surface area (Å²) >= 11 is 0. The molecule has 2 amide bonds. The summed E-state index contributed by atoms with van der Waals surface area (Å²) < 4.78 is 0. The third-order valence-corrected chi connectivity index (χ3v) is 6.10. The molecule has 0 spiro atoms. The van der Waals surface area contributed by atoms with Crippen LogP contribution >= 0.6 is 0 Å². The van der Waals surface area contributed by atoms with Gasteiger partial charge in [-0.1, -0.05) is 60.7 Å². The zero-order valence-corrected chi connectivity index (χ0v) is 17.8. The van der Waals surface area contributed by atoms with Gasteiger partial charge in [-0.2, -0.15) is 0 Å². The van der Waals surface area contributed by atoms with E-state index in [1.165, 1.54) is 0 Å². The molecule has 2 aromatic carbocycles. The van der Waals surface area contributed by atoms with Crippen molar-refractivity contribution in [3.8, 4) is 11.1 Å². The van der Waals surface area contributed by atoms with Crippen LogP contribution in [-0.2, 0) is 22.4 Å². The Morgan fingerprint density at radius 2 is 1.74 bits per heavy atom. The van der Waals surface area contributed by atoms with E-state index < -0.39 is 5.41 Å². The quantitative estimate of drug-likeness (QED) is 0.673. The fraction of sp³-hybridized carbons (Fsp3) is 0.269. The number of aromatic nitrogens is 1. The Morgan fingerprint density at radius 1 is 1.00 bits per heavy atom. The van der Waals surface area contributed by atoms with E-state index in [-0.39, 0.29) is 18.2 Å². The maximum absolute atomic E-state index is 13.1. The summed E-state index contributed by atoms with van der Waals surface area (Å²) in [6, 6.07) is 24.0. The molecule has 0 radical (unpaired) electrons. The van der Waals surface area contributed by atoms with Crippen LogP contribution < -0.4 is 5.32 Å². The van der Waals surface area contributed by atoms with Crippen molar-refractivity contribution in [1.29, 1.82) is 0 Å². The van der Waals surface area contributed by atoms with Gasteiger partial charge in [0.15, 0.2) is 0 Å². The zero-order valence-electron chi connectivity index (χ0n) is 17.8. The first-order valence-electron chi connectivity index (χ1n) is 10.6. The minimum Gasteiger partial charge on any atom is -0.359 e. The molecule has 31 heavy (non-hydrogen) atoms. The van der Waals surface area contributed by atoms with Gasteiger partial charge in [-0.25, -0.2) is 0 Å². The van der Waals surface area contributed by atoms with Gasteiger partial charge in [0.2, 0.25) is 11.8 Å². The summed E-state index contributed by atoms with van der Waals surface area (Å²) in [6.45, 7) is 0.994. The largest absolute Gasteiger partial charge is 0.359 e. The Balaban J connectivity index is 1.58. The van der Waals surface area contributed by atoms with Gasteiger partial charge in [-0.15, -0.1) is 0 Å². The average Bonchev–Trinajstić information content (AvgIpc) is 3.25. The van der Waals surface area contributed by atoms with Gasteiger partial charge >= 0.3 is 0 Å². The number of likely N-dealkylation sites (tertiary alicyclic amines) is 1. The van der Waals surface area contributed by atoms with Crippen LogP contribution in [0.25, 0.3) is 11.1 Å². The van der Waals surface area contributed by atoms with Gasteiger partial charge in [0.25, 0.3) is 0 Å². The fourth-order valence-electron chi connectivity index (χ4n) is 4.47. The molecule has 1 aromatic heterocycles. The molecule has 3 aromatic rings. The molecule has 2 heterocycles. The lowest BCUT2D eigenvalue weighted by atomic mass is 9.78. The topological polar surface area (TPSA) is 62.3 Å². The monoisotopic (exact) mass is 413 g/mol. The molecule has 1 aliphatic rings. The Morgan fingerprint density at radius 3 is 2.48 bits per heavy atom. The van der Waals surface area contributed by atoms with E-state index in [0.717, 1.165) is 22.4 Å². The summed E-state index contributed by atoms with van der Waals surface area (Å²) in [4.78, 5) is 32.0. The second-order valence-electron chi connectivity index (χ2n) is 8.12. The van der Waals surface area contributed by atoms with Gasteiger partial charge in [0.05, 0.1) is 11.8 Å². The molecule has 0 bridgehead atoms. The fourth-order valence-corrected chi connectivity index (χ4v) is 4.47. The maximum Gasteiger partial charge on any atom is 0.228 e. The first-order valence-corrected chi connectivity index (χ1v) is 10.6. The van der Waals surface area contributed by atoms with Crippen LogP contribution in [-0.4, -0.2) is 41.8 Å². The molecular weight excluding hydrogens is 386 g/mol. The first kappa shape index (κ1) is 20.8. The molecule has 0 saturated carbocycles. The van der Waals surface area contributed by atoms with Crippen LogP contribution in [0.15, 0.2) is 79.0 Å². The molecule has 0 aliphatic carbocycles. The Labute approximate surface area is 183 Å². The van der Waals surface area contributed by atoms with E-state index >= 15 is 0 Å². The van der Waals surface area contributed by atoms with Crippen LogP contribution in [0.3, 0.4) is 0 Å². The minimum atomic E-state index is -0.639. The number of hydrogen-bond acceptors (Lipinski definition) is 3. The van der Waals surface area contributed by atoms with Gasteiger partial charge in [-0.3, -0.25) is 14.6 Å². The van der Waals surface area contributed by atoms with Crippen molar-refractivity contribution in [2.45, 2.75) is 19.3 Å². The van der Waals surface area contributed by atoms with Gasteiger partial charge in [0, 0.05) is 32.0 Å². The summed E-state index contributed by atoms with van der Waals surface area (Å²) in [5.74, 6) is 0.00400. The van der Waals surface area contributed by atoms with E-state index in [0.29, 0.717) is 25.9 Å². The summed E-state index contributed by atoms with van der Waals surface area (Å²) in [5.41, 5.74) is 3.49. The van der Waals surface area contributed by atoms with Crippen LogP contribution in [0, 0.1) is 5.41 Å². The van der Waals surface area contributed by atoms with Gasteiger partial charge in [-0.05, 0) is 41.7 Å². The SMILES string of the molecule is CNC(=O)C1(Cc2ccccc2-c2ccccc2)CCN(C(=O)Cc2ccccn2)C1. The predicted octanol–water partition coefficient (Wildman–Crippen LogP) is 3.50. The summed E-state index contributed by atoms with van der Waals surface area (Å²) in [6.07, 6.45) is 3.18. The molecule has 4 rings (SSSR count). The van der Waals surface area contributed by atoms with Crippen molar-refractivity contribution in [3.63, 3.8) is 0 Å². The number of amides is 2. The lowest BCUT2D eigenvalue weighted by Gasteiger charge is -2.28. The molecule has 1 atom stereocenters. The van der Waals surface area contributed by atoms with Crippen molar-refractivity contribution >= 4 is 11.8 Å². The number of pyridine rings is 1. The highest BCUT2D eigenvalue weighted by molar-refractivity contribution is 5.86. The summed E-state index contributed by atoms with van der Waals surface area (Å²) in [7, 11) is 1.67. The lowest BCUT2D eigenvalue weighted by Crippen LogP contribution is -2.44. The maximum atomic E-state index is 13.1. The number of rotatable bonds is 6. The smallest absolute Gasteiger partial charge is 0.228 e. The van der Waals surface area contributed by atoms with E-state index in [2.05, 4.69) is 34.6 Å². The number of benzene rings is 2. The number of hydrogen-bond donors (Lipinski definition) is 1. The Bertz CT molecular complexity index is 1050. The highest BCUT2D eigenvalue weighted by Gasteiger charge is 2.45. The highest BCUT2D eigenvalue weighted by Crippen LogP contribution is 2.37. The van der Waals surface area contributed by atoms with E-state index in [1.807, 2.05) is 53.4 Å². The molecule has 1 aliphatic heterocycles. The second kappa shape index (κ2) is 9.13. The predicted molar refractivity (Wildman–Crippen MR) is 121 cm³/mol. The van der Waals surface area contributed by atoms with Crippen LogP contribution in [0.5, 0.6) is 0 Å². The lowest BCUT2D eigenvalue weighted by molar-refractivity contribution is -0.132. The molecule has 1 saturated heterocycles. The molecule has 5 heteroatoms.